The number of ether oxygens (including phenoxy) is 1. The zero-order valence-electron chi connectivity index (χ0n) is 12.6. The van der Waals surface area contributed by atoms with Gasteiger partial charge in [0.25, 0.3) is 0 Å². The van der Waals surface area contributed by atoms with E-state index in [1.165, 1.54) is 19.1 Å². The summed E-state index contributed by atoms with van der Waals surface area (Å²) in [5.41, 5.74) is -3.23. The van der Waals surface area contributed by atoms with E-state index in [1.54, 1.807) is 0 Å². The van der Waals surface area contributed by atoms with Gasteiger partial charge in [0.15, 0.2) is 23.0 Å². The zero-order valence-corrected chi connectivity index (χ0v) is 12.6. The first-order valence-electron chi connectivity index (χ1n) is 6.65. The van der Waals surface area contributed by atoms with Crippen molar-refractivity contribution >= 4 is 22.8 Å². The number of alkyl halides is 3. The van der Waals surface area contributed by atoms with Crippen molar-refractivity contribution in [1.29, 1.82) is 0 Å². The van der Waals surface area contributed by atoms with Crippen LogP contribution in [0.25, 0.3) is 11.0 Å². The molecule has 2 aromatic heterocycles. The summed E-state index contributed by atoms with van der Waals surface area (Å²) in [6.07, 6.45) is -5.01. The number of halogens is 4. The molecule has 0 spiro atoms. The second kappa shape index (κ2) is 6.56. The van der Waals surface area contributed by atoms with E-state index in [0.717, 1.165) is 6.07 Å². The molecule has 0 saturated carbocycles. The van der Waals surface area contributed by atoms with E-state index in [-0.39, 0.29) is 24.4 Å². The minimum atomic E-state index is -5.01. The number of carboxylic acids is 1. The third kappa shape index (κ3) is 3.53. The van der Waals surface area contributed by atoms with Crippen LogP contribution in [0.5, 0.6) is 0 Å². The normalized spacial score (nSPS) is 11.8. The summed E-state index contributed by atoms with van der Waals surface area (Å²) in [6, 6.07) is 1.52. The van der Waals surface area contributed by atoms with Crippen LogP contribution in [0.4, 0.5) is 23.4 Å². The number of aromatic nitrogens is 2. The van der Waals surface area contributed by atoms with Gasteiger partial charge in [0.2, 0.25) is 0 Å². The highest BCUT2D eigenvalue weighted by Gasteiger charge is 2.36. The summed E-state index contributed by atoms with van der Waals surface area (Å²) in [4.78, 5) is 19.3. The molecule has 0 bridgehead atoms. The van der Waals surface area contributed by atoms with Gasteiger partial charge in [-0.2, -0.15) is 13.2 Å². The van der Waals surface area contributed by atoms with Crippen LogP contribution in [0.3, 0.4) is 0 Å². The van der Waals surface area contributed by atoms with Gasteiger partial charge in [0.1, 0.15) is 0 Å². The summed E-state index contributed by atoms with van der Waals surface area (Å²) in [6.45, 7) is 0.496. The predicted octanol–water partition coefficient (Wildman–Crippen LogP) is 1.23. The number of aromatic carboxylic acids is 1. The van der Waals surface area contributed by atoms with E-state index in [0.29, 0.717) is 6.07 Å². The van der Waals surface area contributed by atoms with Crippen molar-refractivity contribution in [2.24, 2.45) is 0 Å². The molecule has 0 amide bonds. The van der Waals surface area contributed by atoms with Crippen molar-refractivity contribution in [1.82, 2.24) is 9.97 Å². The highest BCUT2D eigenvalue weighted by atomic mass is 19.4. The Balaban J connectivity index is 2.63. The number of hydrogen-bond acceptors (Lipinski definition) is 6. The fourth-order valence-electron chi connectivity index (χ4n) is 2.04. The molecule has 0 unspecified atom stereocenters. The van der Waals surface area contributed by atoms with Crippen LogP contribution < -0.4 is 10.0 Å². The summed E-state index contributed by atoms with van der Waals surface area (Å²) in [7, 11) is 2.92. The van der Waals surface area contributed by atoms with Gasteiger partial charge in [-0.25, -0.2) is 14.4 Å². The lowest BCUT2D eigenvalue weighted by atomic mass is 10.1. The lowest BCUT2D eigenvalue weighted by Crippen LogP contribution is -2.27. The van der Waals surface area contributed by atoms with Gasteiger partial charge in [-0.1, -0.05) is 0 Å². The fourth-order valence-corrected chi connectivity index (χ4v) is 2.04. The topological polar surface area (TPSA) is 78.4 Å². The molecule has 0 N–H and O–H groups in total. The van der Waals surface area contributed by atoms with Crippen LogP contribution in [-0.4, -0.2) is 43.2 Å². The summed E-state index contributed by atoms with van der Waals surface area (Å²) in [5.74, 6) is -3.10. The maximum atomic E-state index is 14.1. The lowest BCUT2D eigenvalue weighted by molar-refractivity contribution is -0.255. The van der Waals surface area contributed by atoms with Gasteiger partial charge >= 0.3 is 6.18 Å². The molecule has 2 heterocycles. The third-order valence-electron chi connectivity index (χ3n) is 3.22. The maximum absolute atomic E-state index is 14.1. The quantitative estimate of drug-likeness (QED) is 0.758. The molecule has 0 aliphatic heterocycles. The van der Waals surface area contributed by atoms with Crippen LogP contribution >= 0.6 is 0 Å². The molecule has 130 valence electrons. The van der Waals surface area contributed by atoms with Crippen LogP contribution in [0.2, 0.25) is 0 Å². The Labute approximate surface area is 133 Å². The largest absolute Gasteiger partial charge is 0.545 e. The molecule has 2 aromatic rings. The Morgan fingerprint density at radius 3 is 2.54 bits per heavy atom. The first-order valence-corrected chi connectivity index (χ1v) is 6.65. The summed E-state index contributed by atoms with van der Waals surface area (Å²) >= 11 is 0. The molecule has 0 radical (unpaired) electrons. The Morgan fingerprint density at radius 1 is 1.33 bits per heavy atom. The minimum Gasteiger partial charge on any atom is -0.545 e. The summed E-state index contributed by atoms with van der Waals surface area (Å²) in [5, 5.41) is 10.7. The molecule has 0 aliphatic carbocycles. The standard InChI is InChI=1S/C14H13F4N3O3/c1-21(3-4-24-2)12-9(15)6-7-5-8(13(22)23)10(14(16,17)18)19-11(7)20-12/h5-6H,3-4H2,1-2H3,(H,22,23)/p-1. The van der Waals surface area contributed by atoms with E-state index in [9.17, 15) is 27.5 Å². The van der Waals surface area contributed by atoms with Crippen molar-refractivity contribution in [2.45, 2.75) is 6.18 Å². The Morgan fingerprint density at radius 2 is 2.00 bits per heavy atom. The molecule has 0 saturated heterocycles. The third-order valence-corrected chi connectivity index (χ3v) is 3.22. The molecule has 0 aromatic carbocycles. The molecule has 0 fully saturated rings. The van der Waals surface area contributed by atoms with Gasteiger partial charge in [0.05, 0.1) is 12.6 Å². The smallest absolute Gasteiger partial charge is 0.434 e. The lowest BCUT2D eigenvalue weighted by Gasteiger charge is -2.19. The minimum absolute atomic E-state index is 0.177. The van der Waals surface area contributed by atoms with E-state index < -0.39 is 34.9 Å². The van der Waals surface area contributed by atoms with E-state index in [2.05, 4.69) is 9.97 Å². The first kappa shape index (κ1) is 17.9. The first-order chi connectivity index (χ1) is 11.1. The number of hydrogen-bond donors (Lipinski definition) is 0. The molecule has 2 rings (SSSR count). The SMILES string of the molecule is COCCN(C)c1nc2nc(C(F)(F)F)c(C(=O)[O-])cc2cc1F. The Kier molecular flexibility index (Phi) is 4.88. The second-order valence-electron chi connectivity index (χ2n) is 4.92. The van der Waals surface area contributed by atoms with Crippen LogP contribution in [0.1, 0.15) is 16.1 Å². The number of pyridine rings is 2. The Bertz CT molecular complexity index is 780. The van der Waals surface area contributed by atoms with E-state index in [1.807, 2.05) is 0 Å². The van der Waals surface area contributed by atoms with Crippen LogP contribution in [0, 0.1) is 5.82 Å². The number of anilines is 1. The van der Waals surface area contributed by atoms with Gasteiger partial charge in [0, 0.05) is 31.7 Å². The maximum Gasteiger partial charge on any atom is 0.434 e. The van der Waals surface area contributed by atoms with Gasteiger partial charge in [-0.05, 0) is 12.1 Å². The monoisotopic (exact) mass is 346 g/mol. The number of fused-ring (bicyclic) bond motifs is 1. The Hall–Kier alpha value is -2.49. The molecule has 24 heavy (non-hydrogen) atoms. The summed E-state index contributed by atoms with van der Waals surface area (Å²) < 4.78 is 57.8. The zero-order chi connectivity index (χ0) is 18.1. The predicted molar refractivity (Wildman–Crippen MR) is 74.0 cm³/mol. The number of methoxy groups -OCH3 is 1. The van der Waals surface area contributed by atoms with Crippen LogP contribution in [-0.2, 0) is 10.9 Å². The number of nitrogens with zero attached hydrogens (tertiary/aromatic N) is 3. The number of likely N-dealkylation sites (N-methyl/N-ethyl adjacent to an activating group) is 1. The van der Waals surface area contributed by atoms with Gasteiger partial charge in [-0.3, -0.25) is 0 Å². The van der Waals surface area contributed by atoms with Crippen molar-refractivity contribution < 1.29 is 32.2 Å². The van der Waals surface area contributed by atoms with Gasteiger partial charge < -0.3 is 19.5 Å². The molecule has 0 aliphatic rings. The second-order valence-corrected chi connectivity index (χ2v) is 4.92. The van der Waals surface area contributed by atoms with Crippen molar-refractivity contribution in [3.8, 4) is 0 Å². The van der Waals surface area contributed by atoms with Crippen molar-refractivity contribution in [2.75, 3.05) is 32.2 Å². The molecular formula is C14H12F4N3O3-. The van der Waals surface area contributed by atoms with Crippen LogP contribution in [0.15, 0.2) is 12.1 Å². The number of rotatable bonds is 5. The number of carbonyl (C=O) groups is 1. The molecular weight excluding hydrogens is 334 g/mol. The highest BCUT2D eigenvalue weighted by Crippen LogP contribution is 2.32. The van der Waals surface area contributed by atoms with E-state index in [4.69, 9.17) is 4.74 Å². The van der Waals surface area contributed by atoms with E-state index >= 15 is 0 Å². The highest BCUT2D eigenvalue weighted by molar-refractivity contribution is 5.92. The van der Waals surface area contributed by atoms with Gasteiger partial charge in [-0.15, -0.1) is 0 Å². The van der Waals surface area contributed by atoms with Crippen molar-refractivity contribution in [3.05, 3.63) is 29.2 Å². The number of carbonyl (C=O) groups excluding carboxylic acids is 1. The molecule has 0 atom stereocenters. The average molecular weight is 346 g/mol. The molecule has 10 heteroatoms. The number of carboxylic acid groups (broad SMARTS) is 1. The average Bonchev–Trinajstić information content (AvgIpc) is 2.49. The fraction of sp³-hybridized carbons (Fsp3) is 0.357. The molecule has 6 nitrogen and oxygen atoms in total. The van der Waals surface area contributed by atoms with Crippen molar-refractivity contribution in [3.63, 3.8) is 0 Å².